The number of anilines is 1. The van der Waals surface area contributed by atoms with Crippen molar-refractivity contribution in [1.82, 2.24) is 15.8 Å². The van der Waals surface area contributed by atoms with E-state index in [0.717, 1.165) is 26.2 Å². The fraction of sp³-hybridized carbons (Fsp3) is 0.300. The number of carbonyl (C=O) groups is 2. The summed E-state index contributed by atoms with van der Waals surface area (Å²) in [5.74, 6) is -1.65. The molecular weight excluding hydrogens is 427 g/mol. The van der Waals surface area contributed by atoms with E-state index in [9.17, 15) is 14.0 Å². The van der Waals surface area contributed by atoms with Crippen molar-refractivity contribution in [2.75, 3.05) is 37.6 Å². The van der Waals surface area contributed by atoms with Crippen LogP contribution in [-0.4, -0.2) is 49.4 Å². The summed E-state index contributed by atoms with van der Waals surface area (Å²) >= 11 is 3.13. The van der Waals surface area contributed by atoms with Crippen molar-refractivity contribution < 1.29 is 14.0 Å². The van der Waals surface area contributed by atoms with Gasteiger partial charge in [-0.25, -0.2) is 4.39 Å². The van der Waals surface area contributed by atoms with Gasteiger partial charge in [-0.1, -0.05) is 34.1 Å². The topological polar surface area (TPSA) is 64.7 Å². The summed E-state index contributed by atoms with van der Waals surface area (Å²) in [5, 5.41) is 0. The number of halogens is 2. The van der Waals surface area contributed by atoms with E-state index in [1.165, 1.54) is 17.8 Å². The van der Waals surface area contributed by atoms with Gasteiger partial charge in [0.2, 0.25) is 5.91 Å². The van der Waals surface area contributed by atoms with Crippen LogP contribution in [0.25, 0.3) is 0 Å². The zero-order valence-electron chi connectivity index (χ0n) is 15.3. The van der Waals surface area contributed by atoms with Crippen LogP contribution in [-0.2, 0) is 4.79 Å². The van der Waals surface area contributed by atoms with Crippen molar-refractivity contribution >= 4 is 33.4 Å². The van der Waals surface area contributed by atoms with Gasteiger partial charge in [0.05, 0.1) is 5.56 Å². The molecule has 1 saturated heterocycles. The molecule has 148 valence electrons. The Morgan fingerprint density at radius 1 is 1.00 bits per heavy atom. The maximum atomic E-state index is 13.8. The van der Waals surface area contributed by atoms with Crippen molar-refractivity contribution in [2.45, 2.75) is 6.42 Å². The minimum Gasteiger partial charge on any atom is -0.369 e. The average molecular weight is 449 g/mol. The molecule has 0 unspecified atom stereocenters. The molecule has 0 bridgehead atoms. The molecule has 2 aromatic carbocycles. The van der Waals surface area contributed by atoms with Crippen molar-refractivity contribution in [3.63, 3.8) is 0 Å². The van der Waals surface area contributed by atoms with Crippen LogP contribution in [0.4, 0.5) is 10.1 Å². The predicted molar refractivity (Wildman–Crippen MR) is 109 cm³/mol. The lowest BCUT2D eigenvalue weighted by molar-refractivity contribution is -0.122. The third kappa shape index (κ3) is 5.53. The number of hydrazine groups is 1. The SMILES string of the molecule is O=C(CCN1CCN(c2ccccc2)CC1)NNC(=O)c1ccc(Br)cc1F. The quantitative estimate of drug-likeness (QED) is 0.689. The highest BCUT2D eigenvalue weighted by Gasteiger charge is 2.18. The minimum atomic E-state index is -0.685. The van der Waals surface area contributed by atoms with E-state index in [-0.39, 0.29) is 17.9 Å². The molecule has 0 aliphatic carbocycles. The lowest BCUT2D eigenvalue weighted by Crippen LogP contribution is -2.48. The molecule has 2 aromatic rings. The van der Waals surface area contributed by atoms with Gasteiger partial charge in [0.1, 0.15) is 5.82 Å². The normalized spacial score (nSPS) is 14.6. The van der Waals surface area contributed by atoms with Gasteiger partial charge >= 0.3 is 0 Å². The third-order valence-corrected chi connectivity index (χ3v) is 5.13. The molecule has 0 saturated carbocycles. The van der Waals surface area contributed by atoms with Crippen molar-refractivity contribution in [3.05, 3.63) is 64.4 Å². The molecule has 8 heteroatoms. The van der Waals surface area contributed by atoms with Gasteiger partial charge < -0.3 is 4.90 Å². The maximum absolute atomic E-state index is 13.8. The predicted octanol–water partition coefficient (Wildman–Crippen LogP) is 2.56. The molecular formula is C20H22BrFN4O2. The molecule has 1 aliphatic heterocycles. The number of nitrogens with one attached hydrogen (secondary N) is 2. The number of benzene rings is 2. The highest BCUT2D eigenvalue weighted by molar-refractivity contribution is 9.10. The zero-order valence-corrected chi connectivity index (χ0v) is 16.9. The van der Waals surface area contributed by atoms with Gasteiger partial charge in [-0.05, 0) is 30.3 Å². The standard InChI is InChI=1S/C20H22BrFN4O2/c21-15-6-7-17(18(22)14-15)20(28)24-23-19(27)8-9-25-10-12-26(13-11-25)16-4-2-1-3-5-16/h1-7,14H,8-13H2,(H,23,27)(H,24,28). The Labute approximate surface area is 171 Å². The summed E-state index contributed by atoms with van der Waals surface area (Å²) < 4.78 is 14.3. The minimum absolute atomic E-state index is 0.125. The Balaban J connectivity index is 1.37. The van der Waals surface area contributed by atoms with Gasteiger partial charge in [0.15, 0.2) is 0 Å². The molecule has 0 radical (unpaired) electrons. The van der Waals surface area contributed by atoms with Crippen molar-refractivity contribution in [2.24, 2.45) is 0 Å². The van der Waals surface area contributed by atoms with Crippen LogP contribution in [0.2, 0.25) is 0 Å². The largest absolute Gasteiger partial charge is 0.369 e. The van der Waals surface area contributed by atoms with Crippen LogP contribution in [0.1, 0.15) is 16.8 Å². The maximum Gasteiger partial charge on any atom is 0.272 e. The van der Waals surface area contributed by atoms with Crippen LogP contribution >= 0.6 is 15.9 Å². The van der Waals surface area contributed by atoms with E-state index >= 15 is 0 Å². The Morgan fingerprint density at radius 2 is 1.71 bits per heavy atom. The van der Waals surface area contributed by atoms with Crippen molar-refractivity contribution in [3.8, 4) is 0 Å². The second-order valence-corrected chi connectivity index (χ2v) is 7.46. The lowest BCUT2D eigenvalue weighted by Gasteiger charge is -2.36. The molecule has 2 N–H and O–H groups in total. The highest BCUT2D eigenvalue weighted by atomic mass is 79.9. The van der Waals surface area contributed by atoms with Gasteiger partial charge in [-0.3, -0.25) is 25.3 Å². The van der Waals surface area contributed by atoms with Crippen LogP contribution in [0.15, 0.2) is 53.0 Å². The molecule has 6 nitrogen and oxygen atoms in total. The first-order valence-electron chi connectivity index (χ1n) is 9.09. The second-order valence-electron chi connectivity index (χ2n) is 6.54. The molecule has 0 aromatic heterocycles. The number of nitrogens with zero attached hydrogens (tertiary/aromatic N) is 2. The fourth-order valence-electron chi connectivity index (χ4n) is 3.06. The molecule has 3 rings (SSSR count). The van der Waals surface area contributed by atoms with Crippen LogP contribution < -0.4 is 15.8 Å². The van der Waals surface area contributed by atoms with Gasteiger partial charge in [0.25, 0.3) is 5.91 Å². The third-order valence-electron chi connectivity index (χ3n) is 4.64. The number of carbonyl (C=O) groups excluding carboxylic acids is 2. The Hall–Kier alpha value is -2.45. The number of para-hydroxylation sites is 1. The zero-order chi connectivity index (χ0) is 19.9. The molecule has 1 aliphatic rings. The summed E-state index contributed by atoms with van der Waals surface area (Å²) in [5.41, 5.74) is 5.68. The average Bonchev–Trinajstić information content (AvgIpc) is 2.71. The molecule has 28 heavy (non-hydrogen) atoms. The summed E-state index contributed by atoms with van der Waals surface area (Å²) in [7, 11) is 0. The first-order valence-corrected chi connectivity index (χ1v) is 9.89. The van der Waals surface area contributed by atoms with E-state index in [0.29, 0.717) is 11.0 Å². The molecule has 1 heterocycles. The van der Waals surface area contributed by atoms with E-state index in [2.05, 4.69) is 48.7 Å². The van der Waals surface area contributed by atoms with Gasteiger partial charge in [-0.2, -0.15) is 0 Å². The van der Waals surface area contributed by atoms with E-state index in [4.69, 9.17) is 0 Å². The summed E-state index contributed by atoms with van der Waals surface area (Å²) in [6, 6.07) is 14.4. The highest BCUT2D eigenvalue weighted by Crippen LogP contribution is 2.16. The lowest BCUT2D eigenvalue weighted by atomic mass is 10.2. The summed E-state index contributed by atoms with van der Waals surface area (Å²) in [6.07, 6.45) is 0.258. The first-order chi connectivity index (χ1) is 13.5. The number of hydrogen-bond acceptors (Lipinski definition) is 4. The molecule has 2 amide bonds. The fourth-order valence-corrected chi connectivity index (χ4v) is 3.39. The van der Waals surface area contributed by atoms with Crippen LogP contribution in [0, 0.1) is 5.82 Å². The number of hydrogen-bond donors (Lipinski definition) is 2. The molecule has 1 fully saturated rings. The number of amides is 2. The molecule has 0 atom stereocenters. The first kappa shape index (κ1) is 20.3. The van der Waals surface area contributed by atoms with E-state index < -0.39 is 11.7 Å². The van der Waals surface area contributed by atoms with Crippen LogP contribution in [0.5, 0.6) is 0 Å². The summed E-state index contributed by atoms with van der Waals surface area (Å²) in [4.78, 5) is 28.5. The second kappa shape index (κ2) is 9.66. The number of rotatable bonds is 5. The molecule has 0 spiro atoms. The Morgan fingerprint density at radius 3 is 2.39 bits per heavy atom. The Kier molecular flexibility index (Phi) is 7.00. The van der Waals surface area contributed by atoms with Gasteiger partial charge in [0, 0.05) is 49.3 Å². The summed E-state index contributed by atoms with van der Waals surface area (Å²) in [6.45, 7) is 4.17. The smallest absolute Gasteiger partial charge is 0.272 e. The van der Waals surface area contributed by atoms with E-state index in [1.807, 2.05) is 18.2 Å². The Bertz CT molecular complexity index is 826. The monoisotopic (exact) mass is 448 g/mol. The number of piperazine rings is 1. The van der Waals surface area contributed by atoms with E-state index in [1.54, 1.807) is 6.07 Å². The van der Waals surface area contributed by atoms with Gasteiger partial charge in [-0.15, -0.1) is 0 Å². The van der Waals surface area contributed by atoms with Crippen molar-refractivity contribution in [1.29, 1.82) is 0 Å². The van der Waals surface area contributed by atoms with Crippen LogP contribution in [0.3, 0.4) is 0 Å².